The second kappa shape index (κ2) is 4.36. The van der Waals surface area contributed by atoms with Crippen molar-refractivity contribution in [3.8, 4) is 0 Å². The Hall–Kier alpha value is -1.57. The summed E-state index contributed by atoms with van der Waals surface area (Å²) in [5.74, 6) is 0. The van der Waals surface area contributed by atoms with Crippen LogP contribution in [0.4, 0.5) is 0 Å². The molecule has 0 unspecified atom stereocenters. The van der Waals surface area contributed by atoms with Crippen LogP contribution in [-0.2, 0) is 12.8 Å². The minimum atomic E-state index is -0.221. The van der Waals surface area contributed by atoms with Crippen molar-refractivity contribution >= 4 is 11.0 Å². The predicted octanol–water partition coefficient (Wildman–Crippen LogP) is 3.53. The summed E-state index contributed by atoms with van der Waals surface area (Å²) in [7, 11) is 0. The van der Waals surface area contributed by atoms with E-state index >= 15 is 0 Å². The normalized spacial score (nSPS) is 11.1. The van der Waals surface area contributed by atoms with Crippen molar-refractivity contribution in [1.82, 2.24) is 0 Å². The van der Waals surface area contributed by atoms with Crippen LogP contribution < -0.4 is 5.63 Å². The van der Waals surface area contributed by atoms with E-state index in [9.17, 15) is 4.79 Å². The van der Waals surface area contributed by atoms with E-state index in [0.29, 0.717) is 11.1 Å². The fourth-order valence-electron chi connectivity index (χ4n) is 2.23. The molecule has 0 spiro atoms. The Morgan fingerprint density at radius 1 is 1.00 bits per heavy atom. The van der Waals surface area contributed by atoms with Crippen LogP contribution in [0.15, 0.2) is 21.3 Å². The first-order chi connectivity index (χ1) is 8.08. The second-order valence-corrected chi connectivity index (χ2v) is 4.46. The molecule has 0 saturated heterocycles. The van der Waals surface area contributed by atoms with Crippen LogP contribution in [0, 0.1) is 13.8 Å². The van der Waals surface area contributed by atoms with E-state index in [1.54, 1.807) is 0 Å². The number of hydrogen-bond donors (Lipinski definition) is 0. The largest absolute Gasteiger partial charge is 0.423 e. The van der Waals surface area contributed by atoms with Gasteiger partial charge in [0.25, 0.3) is 0 Å². The minimum absolute atomic E-state index is 0.221. The van der Waals surface area contributed by atoms with E-state index in [0.717, 1.165) is 23.8 Å². The Bertz CT molecular complexity index is 621. The zero-order chi connectivity index (χ0) is 12.6. The van der Waals surface area contributed by atoms with Gasteiger partial charge in [-0.2, -0.15) is 0 Å². The first-order valence-corrected chi connectivity index (χ1v) is 6.14. The van der Waals surface area contributed by atoms with Gasteiger partial charge in [0.05, 0.1) is 0 Å². The fourth-order valence-corrected chi connectivity index (χ4v) is 2.23. The lowest BCUT2D eigenvalue weighted by atomic mass is 9.97. The highest BCUT2D eigenvalue weighted by atomic mass is 16.4. The number of benzene rings is 1. The first kappa shape index (κ1) is 11.9. The number of fused-ring (bicyclic) bond motifs is 1. The lowest BCUT2D eigenvalue weighted by Gasteiger charge is -2.10. The first-order valence-electron chi connectivity index (χ1n) is 6.14. The average Bonchev–Trinajstić information content (AvgIpc) is 2.34. The third-order valence-corrected chi connectivity index (χ3v) is 3.54. The van der Waals surface area contributed by atoms with E-state index in [1.165, 1.54) is 11.1 Å². The van der Waals surface area contributed by atoms with Crippen molar-refractivity contribution in [1.29, 1.82) is 0 Å². The molecule has 90 valence electrons. The molecule has 1 aromatic carbocycles. The van der Waals surface area contributed by atoms with Crippen molar-refractivity contribution in [2.75, 3.05) is 0 Å². The van der Waals surface area contributed by atoms with Crippen LogP contribution in [0.1, 0.15) is 36.1 Å². The van der Waals surface area contributed by atoms with Gasteiger partial charge >= 0.3 is 5.63 Å². The molecule has 0 amide bonds. The summed E-state index contributed by atoms with van der Waals surface area (Å²) in [5.41, 5.74) is 4.86. The third-order valence-electron chi connectivity index (χ3n) is 3.54. The number of aryl methyl sites for hydroxylation is 3. The van der Waals surface area contributed by atoms with Gasteiger partial charge < -0.3 is 4.42 Å². The van der Waals surface area contributed by atoms with Gasteiger partial charge in [0.1, 0.15) is 5.58 Å². The van der Waals surface area contributed by atoms with Crippen LogP contribution >= 0.6 is 0 Å². The van der Waals surface area contributed by atoms with Gasteiger partial charge in [-0.3, -0.25) is 0 Å². The van der Waals surface area contributed by atoms with E-state index < -0.39 is 0 Å². The summed E-state index contributed by atoms with van der Waals surface area (Å²) < 4.78 is 5.36. The van der Waals surface area contributed by atoms with Crippen molar-refractivity contribution in [3.05, 3.63) is 44.8 Å². The summed E-state index contributed by atoms with van der Waals surface area (Å²) in [6.45, 7) is 8.08. The molecular formula is C15H18O2. The predicted molar refractivity (Wildman–Crippen MR) is 70.7 cm³/mol. The second-order valence-electron chi connectivity index (χ2n) is 4.46. The Kier molecular flexibility index (Phi) is 3.05. The summed E-state index contributed by atoms with van der Waals surface area (Å²) in [4.78, 5) is 11.6. The van der Waals surface area contributed by atoms with E-state index in [1.807, 2.05) is 19.9 Å². The van der Waals surface area contributed by atoms with Crippen molar-refractivity contribution in [2.45, 2.75) is 40.5 Å². The summed E-state index contributed by atoms with van der Waals surface area (Å²) in [6, 6.07) is 4.18. The third kappa shape index (κ3) is 1.88. The van der Waals surface area contributed by atoms with Gasteiger partial charge in [-0.05, 0) is 55.5 Å². The van der Waals surface area contributed by atoms with Crippen LogP contribution in [0.2, 0.25) is 0 Å². The van der Waals surface area contributed by atoms with Crippen molar-refractivity contribution in [2.24, 2.45) is 0 Å². The van der Waals surface area contributed by atoms with Gasteiger partial charge in [-0.25, -0.2) is 4.79 Å². The Morgan fingerprint density at radius 3 is 2.18 bits per heavy atom. The number of hydrogen-bond acceptors (Lipinski definition) is 2. The molecule has 0 bridgehead atoms. The van der Waals surface area contributed by atoms with Gasteiger partial charge in [0.15, 0.2) is 0 Å². The number of rotatable bonds is 2. The Labute approximate surface area is 101 Å². The molecular weight excluding hydrogens is 212 g/mol. The molecule has 2 nitrogen and oxygen atoms in total. The van der Waals surface area contributed by atoms with Gasteiger partial charge in [0.2, 0.25) is 0 Å². The van der Waals surface area contributed by atoms with E-state index in [2.05, 4.69) is 19.9 Å². The Morgan fingerprint density at radius 2 is 1.59 bits per heavy atom. The van der Waals surface area contributed by atoms with Crippen molar-refractivity contribution < 1.29 is 4.42 Å². The highest BCUT2D eigenvalue weighted by Gasteiger charge is 2.10. The molecule has 0 saturated carbocycles. The average molecular weight is 230 g/mol. The maximum absolute atomic E-state index is 11.6. The SMILES string of the molecule is CCc1cc2oc(=O)c(C)c(C)c2cc1CC. The molecule has 0 radical (unpaired) electrons. The summed E-state index contributed by atoms with van der Waals surface area (Å²) in [6.07, 6.45) is 1.98. The molecule has 2 rings (SSSR count). The lowest BCUT2D eigenvalue weighted by molar-refractivity contribution is 0.553. The molecule has 0 aliphatic heterocycles. The Balaban J connectivity index is 2.88. The van der Waals surface area contributed by atoms with Crippen LogP contribution in [-0.4, -0.2) is 0 Å². The van der Waals surface area contributed by atoms with Crippen LogP contribution in [0.25, 0.3) is 11.0 Å². The van der Waals surface area contributed by atoms with E-state index in [4.69, 9.17) is 4.42 Å². The standard InChI is InChI=1S/C15H18O2/c1-5-11-7-13-9(3)10(4)15(16)17-14(13)8-12(11)6-2/h7-8H,5-6H2,1-4H3. The lowest BCUT2D eigenvalue weighted by Crippen LogP contribution is -2.06. The van der Waals surface area contributed by atoms with Gasteiger partial charge in [-0.1, -0.05) is 13.8 Å². The van der Waals surface area contributed by atoms with E-state index in [-0.39, 0.29) is 5.63 Å². The highest BCUT2D eigenvalue weighted by Crippen LogP contribution is 2.24. The van der Waals surface area contributed by atoms with Gasteiger partial charge in [-0.15, -0.1) is 0 Å². The molecule has 2 aromatic rings. The molecule has 0 aliphatic rings. The molecule has 1 aromatic heterocycles. The zero-order valence-electron chi connectivity index (χ0n) is 10.9. The van der Waals surface area contributed by atoms with Gasteiger partial charge in [0, 0.05) is 10.9 Å². The maximum Gasteiger partial charge on any atom is 0.339 e. The summed E-state index contributed by atoms with van der Waals surface area (Å²) >= 11 is 0. The molecule has 0 aliphatic carbocycles. The topological polar surface area (TPSA) is 30.2 Å². The molecule has 1 heterocycles. The fraction of sp³-hybridized carbons (Fsp3) is 0.400. The highest BCUT2D eigenvalue weighted by molar-refractivity contribution is 5.82. The van der Waals surface area contributed by atoms with Crippen LogP contribution in [0.3, 0.4) is 0 Å². The maximum atomic E-state index is 11.6. The molecule has 2 heteroatoms. The zero-order valence-corrected chi connectivity index (χ0v) is 10.9. The molecule has 17 heavy (non-hydrogen) atoms. The molecule has 0 atom stereocenters. The minimum Gasteiger partial charge on any atom is -0.423 e. The van der Waals surface area contributed by atoms with Crippen molar-refractivity contribution in [3.63, 3.8) is 0 Å². The molecule has 0 N–H and O–H groups in total. The van der Waals surface area contributed by atoms with Crippen LogP contribution in [0.5, 0.6) is 0 Å². The summed E-state index contributed by atoms with van der Waals surface area (Å²) in [5, 5.41) is 1.07. The molecule has 0 fully saturated rings. The quantitative estimate of drug-likeness (QED) is 0.739. The smallest absolute Gasteiger partial charge is 0.339 e. The monoisotopic (exact) mass is 230 g/mol.